The highest BCUT2D eigenvalue weighted by Gasteiger charge is 2.33. The van der Waals surface area contributed by atoms with Gasteiger partial charge in [-0.25, -0.2) is 0 Å². The Morgan fingerprint density at radius 2 is 2.05 bits per heavy atom. The molecule has 1 aliphatic heterocycles. The number of nitrogens with zero attached hydrogens (tertiary/aromatic N) is 2. The largest absolute Gasteiger partial charge is 0.504 e. The summed E-state index contributed by atoms with van der Waals surface area (Å²) in [5, 5.41) is 29.2. The average molecular weight is 310 g/mol. The zero-order valence-corrected chi connectivity index (χ0v) is 11.6. The first kappa shape index (κ1) is 14.9. The van der Waals surface area contributed by atoms with E-state index in [0.29, 0.717) is 11.8 Å². The fourth-order valence-electron chi connectivity index (χ4n) is 1.77. The molecule has 21 heavy (non-hydrogen) atoms. The molecule has 1 aliphatic rings. The molecule has 0 unspecified atom stereocenters. The number of amides is 2. The Hall–Kier alpha value is -2.55. The molecule has 1 heterocycles. The van der Waals surface area contributed by atoms with Gasteiger partial charge in [-0.1, -0.05) is 0 Å². The molecule has 0 radical (unpaired) electrons. The van der Waals surface area contributed by atoms with Gasteiger partial charge in [0.25, 0.3) is 11.1 Å². The fraction of sp³-hybridized carbons (Fsp3) is 0.167. The molecule has 0 atom stereocenters. The number of likely N-dealkylation sites (N-methyl/N-ethyl adjacent to an activating group) is 1. The summed E-state index contributed by atoms with van der Waals surface area (Å²) >= 11 is 0.710. The van der Waals surface area contributed by atoms with Crippen molar-refractivity contribution in [2.75, 3.05) is 6.54 Å². The first-order valence-corrected chi connectivity index (χ1v) is 6.62. The van der Waals surface area contributed by atoms with Gasteiger partial charge in [0.05, 0.1) is 9.83 Å². The third-order valence-corrected chi connectivity index (χ3v) is 3.68. The monoisotopic (exact) mass is 310 g/mol. The number of benzene rings is 1. The third kappa shape index (κ3) is 2.68. The van der Waals surface area contributed by atoms with Crippen LogP contribution in [0.5, 0.6) is 11.5 Å². The van der Waals surface area contributed by atoms with Crippen LogP contribution in [0.1, 0.15) is 12.5 Å². The Bertz CT molecular complexity index is 685. The maximum Gasteiger partial charge on any atom is 0.315 e. The van der Waals surface area contributed by atoms with Gasteiger partial charge in [0.15, 0.2) is 5.75 Å². The zero-order chi connectivity index (χ0) is 15.7. The van der Waals surface area contributed by atoms with E-state index < -0.39 is 33.3 Å². The van der Waals surface area contributed by atoms with E-state index in [9.17, 15) is 29.9 Å². The van der Waals surface area contributed by atoms with Gasteiger partial charge in [0.1, 0.15) is 0 Å². The molecule has 1 aromatic rings. The molecule has 0 aliphatic carbocycles. The zero-order valence-electron chi connectivity index (χ0n) is 10.8. The summed E-state index contributed by atoms with van der Waals surface area (Å²) in [5.41, 5.74) is -0.547. The second-order valence-electron chi connectivity index (χ2n) is 4.09. The number of imide groups is 1. The van der Waals surface area contributed by atoms with Crippen molar-refractivity contribution in [2.24, 2.45) is 0 Å². The molecule has 2 rings (SSSR count). The van der Waals surface area contributed by atoms with Gasteiger partial charge in [-0.2, -0.15) is 0 Å². The van der Waals surface area contributed by atoms with E-state index in [2.05, 4.69) is 0 Å². The fourth-order valence-corrected chi connectivity index (χ4v) is 2.67. The highest BCUT2D eigenvalue weighted by Crippen LogP contribution is 2.38. The number of hydrogen-bond donors (Lipinski definition) is 2. The third-order valence-electron chi connectivity index (χ3n) is 2.78. The van der Waals surface area contributed by atoms with Gasteiger partial charge in [0.2, 0.25) is 5.75 Å². The molecular formula is C12H10N2O6S. The summed E-state index contributed by atoms with van der Waals surface area (Å²) < 4.78 is 0. The van der Waals surface area contributed by atoms with Crippen LogP contribution in [0.2, 0.25) is 0 Å². The van der Waals surface area contributed by atoms with E-state index >= 15 is 0 Å². The molecule has 0 aromatic heterocycles. The van der Waals surface area contributed by atoms with E-state index in [1.54, 1.807) is 6.92 Å². The molecule has 8 nitrogen and oxygen atoms in total. The molecule has 1 fully saturated rings. The van der Waals surface area contributed by atoms with Crippen LogP contribution >= 0.6 is 11.8 Å². The summed E-state index contributed by atoms with van der Waals surface area (Å²) in [4.78, 5) is 34.5. The lowest BCUT2D eigenvalue weighted by Gasteiger charge is -2.07. The van der Waals surface area contributed by atoms with Crippen LogP contribution in [0.15, 0.2) is 17.0 Å². The standard InChI is InChI=1S/C12H10N2O6S/c1-2-13-11(17)9(21-12(13)18)5-6-3-7(14(19)20)10(16)8(15)4-6/h3-5,15-16H,2H2,1H3/b9-5-. The van der Waals surface area contributed by atoms with E-state index in [0.717, 1.165) is 17.0 Å². The molecule has 0 spiro atoms. The number of carbonyl (C=O) groups excluding carboxylic acids is 2. The minimum Gasteiger partial charge on any atom is -0.504 e. The molecule has 1 aromatic carbocycles. The predicted octanol–water partition coefficient (Wildman–Crippen LogP) is 2.06. The maximum absolute atomic E-state index is 11.9. The number of nitro groups is 1. The van der Waals surface area contributed by atoms with Crippen molar-refractivity contribution < 1.29 is 24.7 Å². The van der Waals surface area contributed by atoms with Crippen LogP contribution in [0.4, 0.5) is 10.5 Å². The number of rotatable bonds is 3. The summed E-state index contributed by atoms with van der Waals surface area (Å²) in [7, 11) is 0. The van der Waals surface area contributed by atoms with Crippen LogP contribution in [0.25, 0.3) is 6.08 Å². The van der Waals surface area contributed by atoms with Crippen molar-refractivity contribution in [1.29, 1.82) is 0 Å². The molecule has 2 N–H and O–H groups in total. The first-order chi connectivity index (χ1) is 9.85. The normalized spacial score (nSPS) is 16.8. The van der Waals surface area contributed by atoms with E-state index in [-0.39, 0.29) is 17.0 Å². The molecule has 9 heteroatoms. The Kier molecular flexibility index (Phi) is 3.85. The summed E-state index contributed by atoms with van der Waals surface area (Å²) in [6.07, 6.45) is 1.26. The molecular weight excluding hydrogens is 300 g/mol. The Morgan fingerprint density at radius 3 is 2.57 bits per heavy atom. The lowest BCUT2D eigenvalue weighted by atomic mass is 10.1. The number of thioether (sulfide) groups is 1. The van der Waals surface area contributed by atoms with Crippen molar-refractivity contribution >= 4 is 34.7 Å². The molecule has 2 amide bonds. The topological polar surface area (TPSA) is 121 Å². The van der Waals surface area contributed by atoms with Crippen molar-refractivity contribution in [2.45, 2.75) is 6.92 Å². The minimum atomic E-state index is -0.857. The number of nitro benzene ring substituents is 1. The van der Waals surface area contributed by atoms with Crippen LogP contribution in [0.3, 0.4) is 0 Å². The number of aromatic hydroxyl groups is 2. The Labute approximate surface area is 122 Å². The van der Waals surface area contributed by atoms with Gasteiger partial charge in [0, 0.05) is 12.6 Å². The van der Waals surface area contributed by atoms with Crippen LogP contribution < -0.4 is 0 Å². The van der Waals surface area contributed by atoms with Crippen molar-refractivity contribution in [3.05, 3.63) is 32.7 Å². The van der Waals surface area contributed by atoms with Crippen LogP contribution in [0, 0.1) is 10.1 Å². The summed E-state index contributed by atoms with van der Waals surface area (Å²) in [6, 6.07) is 2.08. The second-order valence-corrected chi connectivity index (χ2v) is 5.08. The van der Waals surface area contributed by atoms with Crippen molar-refractivity contribution in [3.63, 3.8) is 0 Å². The van der Waals surface area contributed by atoms with Crippen molar-refractivity contribution in [1.82, 2.24) is 4.90 Å². The van der Waals surface area contributed by atoms with Gasteiger partial charge in [-0.3, -0.25) is 24.6 Å². The molecule has 1 saturated heterocycles. The van der Waals surface area contributed by atoms with E-state index in [1.165, 1.54) is 6.08 Å². The van der Waals surface area contributed by atoms with Crippen molar-refractivity contribution in [3.8, 4) is 11.5 Å². The molecule has 110 valence electrons. The number of carbonyl (C=O) groups is 2. The lowest BCUT2D eigenvalue weighted by molar-refractivity contribution is -0.386. The van der Waals surface area contributed by atoms with Gasteiger partial charge in [-0.15, -0.1) is 0 Å². The maximum atomic E-state index is 11.9. The number of phenols is 2. The van der Waals surface area contributed by atoms with Gasteiger partial charge >= 0.3 is 5.69 Å². The van der Waals surface area contributed by atoms with Gasteiger partial charge in [-0.05, 0) is 36.4 Å². The number of phenolic OH excluding ortho intramolecular Hbond substituents is 2. The first-order valence-electron chi connectivity index (χ1n) is 5.81. The van der Waals surface area contributed by atoms with Crippen LogP contribution in [-0.4, -0.2) is 37.7 Å². The highest BCUT2D eigenvalue weighted by atomic mass is 32.2. The highest BCUT2D eigenvalue weighted by molar-refractivity contribution is 8.18. The smallest absolute Gasteiger partial charge is 0.315 e. The predicted molar refractivity (Wildman–Crippen MR) is 74.8 cm³/mol. The molecule has 0 saturated carbocycles. The average Bonchev–Trinajstić information content (AvgIpc) is 2.67. The van der Waals surface area contributed by atoms with Crippen LogP contribution in [-0.2, 0) is 4.79 Å². The summed E-state index contributed by atoms with van der Waals surface area (Å²) in [6.45, 7) is 1.87. The SMILES string of the molecule is CCN1C(=O)S/C(=C\c2cc(O)c(O)c([N+](=O)[O-])c2)C1=O. The van der Waals surface area contributed by atoms with Gasteiger partial charge < -0.3 is 10.2 Å². The number of hydrogen-bond acceptors (Lipinski definition) is 7. The summed E-state index contributed by atoms with van der Waals surface area (Å²) in [5.74, 6) is -2.02. The Balaban J connectivity index is 2.45. The van der Waals surface area contributed by atoms with E-state index in [1.807, 2.05) is 0 Å². The second kappa shape index (κ2) is 5.44. The Morgan fingerprint density at radius 1 is 1.38 bits per heavy atom. The lowest BCUT2D eigenvalue weighted by Crippen LogP contribution is -2.27. The van der Waals surface area contributed by atoms with E-state index in [4.69, 9.17) is 0 Å². The quantitative estimate of drug-likeness (QED) is 0.379. The minimum absolute atomic E-state index is 0.0984. The molecule has 0 bridgehead atoms.